The maximum absolute atomic E-state index is 12.4. The molecule has 0 aliphatic carbocycles. The fourth-order valence-corrected chi connectivity index (χ4v) is 7.30. The van der Waals surface area contributed by atoms with Crippen molar-refractivity contribution in [1.29, 1.82) is 0 Å². The van der Waals surface area contributed by atoms with Crippen LogP contribution in [0.3, 0.4) is 0 Å². The second-order valence-corrected chi connectivity index (χ2v) is 14.8. The SMILES string of the molecule is CCCCCNc1nc(N)nc2ccn(Cc3ccc(CN4CCN(CCn5cc(CNC(=O)C[C@@H](SC[C@H](N)C(=O)O)C(=O)O)nn5)CC4)cc3OC)c12. The van der Waals surface area contributed by atoms with E-state index in [1.165, 1.54) is 5.56 Å². The van der Waals surface area contributed by atoms with Gasteiger partial charge in [0, 0.05) is 69.7 Å². The van der Waals surface area contributed by atoms with Crippen LogP contribution in [0.1, 0.15) is 49.4 Å². The third-order valence-electron chi connectivity index (χ3n) is 9.40. The van der Waals surface area contributed by atoms with Crippen LogP contribution in [0.25, 0.3) is 11.0 Å². The smallest absolute Gasteiger partial charge is 0.321 e. The summed E-state index contributed by atoms with van der Waals surface area (Å²) in [5.41, 5.74) is 16.0. The first-order chi connectivity index (χ1) is 26.5. The number of nitrogens with one attached hydrogen (secondary N) is 2. The van der Waals surface area contributed by atoms with Gasteiger partial charge in [0.05, 0.1) is 38.5 Å². The number of aromatic nitrogens is 6. The number of rotatable bonds is 22. The van der Waals surface area contributed by atoms with Crippen LogP contribution in [0, 0.1) is 0 Å². The summed E-state index contributed by atoms with van der Waals surface area (Å²) in [4.78, 5) is 48.6. The van der Waals surface area contributed by atoms with Crippen LogP contribution in [0.4, 0.5) is 11.8 Å². The number of fused-ring (bicyclic) bond motifs is 1. The first-order valence-corrected chi connectivity index (χ1v) is 19.5. The van der Waals surface area contributed by atoms with E-state index in [2.05, 4.69) is 70.4 Å². The Bertz CT molecular complexity index is 1900. The van der Waals surface area contributed by atoms with Crippen molar-refractivity contribution >= 4 is 52.4 Å². The lowest BCUT2D eigenvalue weighted by atomic mass is 10.1. The van der Waals surface area contributed by atoms with Crippen LogP contribution in [0.2, 0.25) is 0 Å². The van der Waals surface area contributed by atoms with Crippen molar-refractivity contribution in [1.82, 2.24) is 44.6 Å². The number of hydrogen-bond donors (Lipinski definition) is 6. The first-order valence-electron chi connectivity index (χ1n) is 18.5. The quantitative estimate of drug-likeness (QED) is 0.0622. The van der Waals surface area contributed by atoms with Crippen molar-refractivity contribution in [3.05, 3.63) is 53.5 Å². The Kier molecular flexibility index (Phi) is 15.0. The van der Waals surface area contributed by atoms with Crippen molar-refractivity contribution in [3.63, 3.8) is 0 Å². The van der Waals surface area contributed by atoms with E-state index < -0.39 is 29.1 Å². The molecular weight excluding hydrogens is 729 g/mol. The number of unbranched alkanes of at least 4 members (excludes halogenated alkanes) is 2. The van der Waals surface area contributed by atoms with Gasteiger partial charge in [0.2, 0.25) is 11.9 Å². The molecule has 18 nitrogen and oxygen atoms in total. The standard InChI is InChI=1S/C36H52N12O6S/c1-3-4-5-9-39-33-32-28(41-36(38)42-33)8-10-47(32)21-25-7-6-24(17-29(25)54-2)20-46-13-11-45(12-14-46)15-16-48-22-26(43-44-48)19-40-31(49)18-30(35(52)53)55-23-27(37)34(50)51/h6-8,10,17,22,27,30H,3-5,9,11-16,18-21,23,37H2,1-2H3,(H,40,49)(H,50,51)(H,52,53)(H3,38,39,41,42)/t27-,30+/m0/s1. The Morgan fingerprint density at radius 2 is 1.80 bits per heavy atom. The lowest BCUT2D eigenvalue weighted by molar-refractivity contribution is -0.139. The second kappa shape index (κ2) is 20.1. The zero-order chi connectivity index (χ0) is 39.3. The molecule has 1 aromatic carbocycles. The number of methoxy groups -OCH3 is 1. The number of nitrogens with two attached hydrogens (primary N) is 2. The van der Waals surface area contributed by atoms with E-state index in [0.717, 1.165) is 105 Å². The van der Waals surface area contributed by atoms with Crippen molar-refractivity contribution < 1.29 is 29.3 Å². The maximum atomic E-state index is 12.4. The maximum Gasteiger partial charge on any atom is 0.321 e. The third kappa shape index (κ3) is 12.0. The van der Waals surface area contributed by atoms with Crippen LogP contribution in [-0.2, 0) is 40.6 Å². The molecule has 4 heterocycles. The molecule has 0 spiro atoms. The number of nitrogens with zero attached hydrogens (tertiary/aromatic N) is 8. The Balaban J connectivity index is 1.06. The number of aliphatic carboxylic acids is 2. The number of carbonyl (C=O) groups excluding carboxylic acids is 1. The summed E-state index contributed by atoms with van der Waals surface area (Å²) in [6.07, 6.45) is 6.80. The Morgan fingerprint density at radius 3 is 2.53 bits per heavy atom. The molecule has 1 amide bonds. The number of ether oxygens (including phenoxy) is 1. The van der Waals surface area contributed by atoms with E-state index in [-0.39, 0.29) is 24.7 Å². The zero-order valence-corrected chi connectivity index (χ0v) is 32.2. The molecule has 2 atom stereocenters. The van der Waals surface area contributed by atoms with Gasteiger partial charge in [-0.3, -0.25) is 28.9 Å². The normalized spacial score (nSPS) is 14.8. The molecule has 4 aromatic rings. The molecule has 1 saturated heterocycles. The molecule has 1 aliphatic heterocycles. The highest BCUT2D eigenvalue weighted by Gasteiger charge is 2.25. The van der Waals surface area contributed by atoms with Crippen LogP contribution < -0.4 is 26.8 Å². The highest BCUT2D eigenvalue weighted by Crippen LogP contribution is 2.28. The predicted molar refractivity (Wildman–Crippen MR) is 210 cm³/mol. The fourth-order valence-electron chi connectivity index (χ4n) is 6.30. The zero-order valence-electron chi connectivity index (χ0n) is 31.4. The summed E-state index contributed by atoms with van der Waals surface area (Å²) < 4.78 is 9.73. The molecule has 5 rings (SSSR count). The number of benzene rings is 1. The van der Waals surface area contributed by atoms with Crippen molar-refractivity contribution in [2.75, 3.05) is 63.2 Å². The topological polar surface area (TPSA) is 245 Å². The summed E-state index contributed by atoms with van der Waals surface area (Å²) in [7, 11) is 1.70. The highest BCUT2D eigenvalue weighted by molar-refractivity contribution is 8.00. The molecule has 298 valence electrons. The van der Waals surface area contributed by atoms with E-state index in [0.29, 0.717) is 18.8 Å². The van der Waals surface area contributed by atoms with E-state index >= 15 is 0 Å². The number of anilines is 2. The minimum absolute atomic E-state index is 0.0975. The lowest BCUT2D eigenvalue weighted by Gasteiger charge is -2.34. The van der Waals surface area contributed by atoms with Gasteiger partial charge in [-0.2, -0.15) is 4.98 Å². The minimum Gasteiger partial charge on any atom is -0.496 e. The number of carboxylic acid groups (broad SMARTS) is 2. The lowest BCUT2D eigenvalue weighted by Crippen LogP contribution is -2.46. The van der Waals surface area contributed by atoms with Gasteiger partial charge in [-0.1, -0.05) is 37.1 Å². The number of carboxylic acids is 2. The van der Waals surface area contributed by atoms with Crippen LogP contribution in [0.5, 0.6) is 5.75 Å². The number of amides is 1. The van der Waals surface area contributed by atoms with Gasteiger partial charge >= 0.3 is 11.9 Å². The molecule has 3 aromatic heterocycles. The van der Waals surface area contributed by atoms with E-state index in [9.17, 15) is 19.5 Å². The van der Waals surface area contributed by atoms with Crippen molar-refractivity contribution in [2.45, 2.75) is 70.1 Å². The Hall–Kier alpha value is -4.98. The molecule has 8 N–H and O–H groups in total. The van der Waals surface area contributed by atoms with Gasteiger partial charge in [-0.25, -0.2) is 4.98 Å². The molecule has 0 radical (unpaired) electrons. The van der Waals surface area contributed by atoms with Crippen molar-refractivity contribution in [2.24, 2.45) is 5.73 Å². The molecule has 0 unspecified atom stereocenters. The van der Waals surface area contributed by atoms with E-state index in [4.69, 9.17) is 21.3 Å². The molecule has 1 fully saturated rings. The molecule has 1 aliphatic rings. The highest BCUT2D eigenvalue weighted by atomic mass is 32.2. The summed E-state index contributed by atoms with van der Waals surface area (Å²) in [6.45, 7) is 9.61. The van der Waals surface area contributed by atoms with Gasteiger partial charge in [-0.15, -0.1) is 16.9 Å². The average Bonchev–Trinajstić information content (AvgIpc) is 3.80. The Morgan fingerprint density at radius 1 is 1.02 bits per heavy atom. The summed E-state index contributed by atoms with van der Waals surface area (Å²) in [6, 6.07) is 7.18. The minimum atomic E-state index is -1.23. The van der Waals surface area contributed by atoms with Gasteiger partial charge in [-0.05, 0) is 24.1 Å². The van der Waals surface area contributed by atoms with Gasteiger partial charge in [0.15, 0.2) is 5.82 Å². The number of nitrogen functional groups attached to an aromatic ring is 1. The predicted octanol–water partition coefficient (Wildman–Crippen LogP) is 1.69. The van der Waals surface area contributed by atoms with Gasteiger partial charge in [0.1, 0.15) is 28.3 Å². The van der Waals surface area contributed by atoms with Crippen LogP contribution in [-0.4, -0.2) is 131 Å². The van der Waals surface area contributed by atoms with Crippen molar-refractivity contribution in [3.8, 4) is 5.75 Å². The number of hydrogen-bond acceptors (Lipinski definition) is 14. The monoisotopic (exact) mass is 780 g/mol. The molecular formula is C36H52N12O6S. The number of piperazine rings is 1. The number of carbonyl (C=O) groups is 3. The molecule has 55 heavy (non-hydrogen) atoms. The Labute approximate surface area is 324 Å². The third-order valence-corrected chi connectivity index (χ3v) is 10.7. The summed E-state index contributed by atoms with van der Waals surface area (Å²) in [5.74, 6) is -1.21. The van der Waals surface area contributed by atoms with E-state index in [1.807, 2.05) is 12.3 Å². The molecule has 0 bridgehead atoms. The molecule has 19 heteroatoms. The number of thioether (sulfide) groups is 1. The average molecular weight is 781 g/mol. The van der Waals surface area contributed by atoms with Gasteiger partial charge in [0.25, 0.3) is 0 Å². The molecule has 0 saturated carbocycles. The second-order valence-electron chi connectivity index (χ2n) is 13.6. The van der Waals surface area contributed by atoms with Crippen LogP contribution >= 0.6 is 11.8 Å². The largest absolute Gasteiger partial charge is 0.496 e. The van der Waals surface area contributed by atoms with E-state index in [1.54, 1.807) is 18.0 Å². The fraction of sp³-hybridized carbons (Fsp3) is 0.528. The van der Waals surface area contributed by atoms with Crippen LogP contribution in [0.15, 0.2) is 36.7 Å². The van der Waals surface area contributed by atoms with Gasteiger partial charge < -0.3 is 41.6 Å². The first kappa shape index (κ1) is 41.2. The summed E-state index contributed by atoms with van der Waals surface area (Å²) >= 11 is 0.827. The summed E-state index contributed by atoms with van der Waals surface area (Å²) in [5, 5.41) is 31.6.